The average Bonchev–Trinajstić information content (AvgIpc) is 2.49. The number of hydrogen-bond donors (Lipinski definition) is 1. The topological polar surface area (TPSA) is 45.4 Å². The van der Waals surface area contributed by atoms with E-state index in [1.165, 1.54) is 25.9 Å². The van der Waals surface area contributed by atoms with E-state index in [0.29, 0.717) is 6.04 Å². The normalized spacial score (nSPS) is 21.1. The molecule has 112 valence electrons. The van der Waals surface area contributed by atoms with Crippen LogP contribution in [0.5, 0.6) is 0 Å². The zero-order valence-electron chi connectivity index (χ0n) is 13.0. The van der Waals surface area contributed by atoms with E-state index in [1.54, 1.807) is 0 Å². The van der Waals surface area contributed by atoms with Crippen molar-refractivity contribution in [2.75, 3.05) is 27.2 Å². The van der Waals surface area contributed by atoms with Gasteiger partial charge in [-0.05, 0) is 58.6 Å². The predicted octanol–water partition coefficient (Wildman–Crippen LogP) is 1.89. The van der Waals surface area contributed by atoms with Gasteiger partial charge in [0.25, 0.3) is 0 Å². The molecule has 0 amide bonds. The summed E-state index contributed by atoms with van der Waals surface area (Å²) in [5.74, 6) is 0. The Hall–Kier alpha value is -0.970. The third kappa shape index (κ3) is 3.57. The molecule has 1 aromatic heterocycles. The van der Waals surface area contributed by atoms with Crippen LogP contribution in [0, 0.1) is 0 Å². The minimum atomic E-state index is 0.134. The number of likely N-dealkylation sites (N-methyl/N-ethyl adjacent to an activating group) is 1. The second-order valence-corrected chi connectivity index (χ2v) is 5.97. The Morgan fingerprint density at radius 2 is 2.10 bits per heavy atom. The summed E-state index contributed by atoms with van der Waals surface area (Å²) in [6, 6.07) is 7.08. The van der Waals surface area contributed by atoms with E-state index < -0.39 is 0 Å². The average molecular weight is 276 g/mol. The SMILES string of the molecule is CCC(N)C(c1ccccn1)N(C)C1CCN(C)CC1. The molecular weight excluding hydrogens is 248 g/mol. The smallest absolute Gasteiger partial charge is 0.0673 e. The summed E-state index contributed by atoms with van der Waals surface area (Å²) >= 11 is 0. The third-order valence-corrected chi connectivity index (χ3v) is 4.57. The molecular formula is C16H28N4. The van der Waals surface area contributed by atoms with Crippen molar-refractivity contribution in [2.24, 2.45) is 5.73 Å². The molecule has 2 atom stereocenters. The van der Waals surface area contributed by atoms with Crippen molar-refractivity contribution in [3.8, 4) is 0 Å². The number of piperidine rings is 1. The first-order valence-corrected chi connectivity index (χ1v) is 7.70. The second-order valence-electron chi connectivity index (χ2n) is 5.97. The minimum absolute atomic E-state index is 0.134. The van der Waals surface area contributed by atoms with Crippen LogP contribution in [-0.2, 0) is 0 Å². The molecule has 0 radical (unpaired) electrons. The van der Waals surface area contributed by atoms with Gasteiger partial charge >= 0.3 is 0 Å². The van der Waals surface area contributed by atoms with Crippen LogP contribution in [-0.4, -0.2) is 54.1 Å². The van der Waals surface area contributed by atoms with Crippen LogP contribution in [0.4, 0.5) is 0 Å². The first-order chi connectivity index (χ1) is 9.63. The molecule has 0 bridgehead atoms. The fourth-order valence-corrected chi connectivity index (χ4v) is 3.13. The van der Waals surface area contributed by atoms with Crippen molar-refractivity contribution in [3.05, 3.63) is 30.1 Å². The van der Waals surface area contributed by atoms with Gasteiger partial charge in [-0.2, -0.15) is 0 Å². The molecule has 0 aliphatic carbocycles. The van der Waals surface area contributed by atoms with Crippen LogP contribution in [0.1, 0.15) is 37.9 Å². The highest BCUT2D eigenvalue weighted by atomic mass is 15.2. The standard InChI is InChI=1S/C16H28N4/c1-4-14(17)16(15-7-5-6-10-18-15)20(3)13-8-11-19(2)12-9-13/h5-7,10,13-14,16H,4,8-9,11-12,17H2,1-3H3. The lowest BCUT2D eigenvalue weighted by Gasteiger charge is -2.41. The number of rotatable bonds is 5. The summed E-state index contributed by atoms with van der Waals surface area (Å²) in [6.07, 6.45) is 5.27. The van der Waals surface area contributed by atoms with Crippen LogP contribution >= 0.6 is 0 Å². The van der Waals surface area contributed by atoms with Crippen molar-refractivity contribution in [1.29, 1.82) is 0 Å². The van der Waals surface area contributed by atoms with Crippen molar-refractivity contribution < 1.29 is 0 Å². The summed E-state index contributed by atoms with van der Waals surface area (Å²) < 4.78 is 0. The fourth-order valence-electron chi connectivity index (χ4n) is 3.13. The van der Waals surface area contributed by atoms with Gasteiger partial charge in [-0.1, -0.05) is 13.0 Å². The van der Waals surface area contributed by atoms with Crippen LogP contribution in [0.25, 0.3) is 0 Å². The monoisotopic (exact) mass is 276 g/mol. The van der Waals surface area contributed by atoms with E-state index in [2.05, 4.69) is 47.9 Å². The van der Waals surface area contributed by atoms with Crippen molar-refractivity contribution in [1.82, 2.24) is 14.8 Å². The third-order valence-electron chi connectivity index (χ3n) is 4.57. The number of nitrogens with zero attached hydrogens (tertiary/aromatic N) is 3. The molecule has 0 spiro atoms. The number of likely N-dealkylation sites (tertiary alicyclic amines) is 1. The lowest BCUT2D eigenvalue weighted by Crippen LogP contribution is -2.48. The summed E-state index contributed by atoms with van der Waals surface area (Å²) in [6.45, 7) is 4.50. The number of aromatic nitrogens is 1. The molecule has 1 saturated heterocycles. The molecule has 2 heterocycles. The summed E-state index contributed by atoms with van der Waals surface area (Å²) in [5.41, 5.74) is 7.49. The first-order valence-electron chi connectivity index (χ1n) is 7.70. The highest BCUT2D eigenvalue weighted by molar-refractivity contribution is 5.12. The van der Waals surface area contributed by atoms with E-state index in [-0.39, 0.29) is 12.1 Å². The van der Waals surface area contributed by atoms with Gasteiger partial charge in [0.05, 0.1) is 11.7 Å². The maximum atomic E-state index is 6.39. The van der Waals surface area contributed by atoms with Gasteiger partial charge in [-0.15, -0.1) is 0 Å². The lowest BCUT2D eigenvalue weighted by molar-refractivity contribution is 0.0916. The molecule has 2 unspecified atom stereocenters. The largest absolute Gasteiger partial charge is 0.326 e. The molecule has 0 saturated carbocycles. The number of hydrogen-bond acceptors (Lipinski definition) is 4. The molecule has 2 rings (SSSR count). The molecule has 20 heavy (non-hydrogen) atoms. The Balaban J connectivity index is 2.14. The van der Waals surface area contributed by atoms with Crippen LogP contribution < -0.4 is 5.73 Å². The molecule has 1 aliphatic rings. The van der Waals surface area contributed by atoms with Gasteiger partial charge in [0.15, 0.2) is 0 Å². The van der Waals surface area contributed by atoms with Crippen molar-refractivity contribution in [2.45, 2.75) is 44.3 Å². The zero-order valence-corrected chi connectivity index (χ0v) is 13.0. The van der Waals surface area contributed by atoms with Gasteiger partial charge in [0, 0.05) is 18.3 Å². The predicted molar refractivity (Wildman–Crippen MR) is 83.5 cm³/mol. The lowest BCUT2D eigenvalue weighted by atomic mass is 9.96. The van der Waals surface area contributed by atoms with Gasteiger partial charge < -0.3 is 10.6 Å². The van der Waals surface area contributed by atoms with Gasteiger partial charge in [0.2, 0.25) is 0 Å². The summed E-state index contributed by atoms with van der Waals surface area (Å²) in [4.78, 5) is 9.41. The summed E-state index contributed by atoms with van der Waals surface area (Å²) in [5, 5.41) is 0. The molecule has 1 aromatic rings. The molecule has 2 N–H and O–H groups in total. The number of nitrogens with two attached hydrogens (primary N) is 1. The second kappa shape index (κ2) is 7.16. The Morgan fingerprint density at radius 3 is 2.65 bits per heavy atom. The molecule has 4 heteroatoms. The Bertz CT molecular complexity index is 387. The van der Waals surface area contributed by atoms with E-state index in [9.17, 15) is 0 Å². The van der Waals surface area contributed by atoms with E-state index in [0.717, 1.165) is 12.1 Å². The first kappa shape index (κ1) is 15.4. The van der Waals surface area contributed by atoms with E-state index >= 15 is 0 Å². The Morgan fingerprint density at radius 1 is 1.40 bits per heavy atom. The number of pyridine rings is 1. The highest BCUT2D eigenvalue weighted by Gasteiger charge is 2.30. The van der Waals surface area contributed by atoms with Crippen LogP contribution in [0.3, 0.4) is 0 Å². The maximum absolute atomic E-state index is 6.39. The Kier molecular flexibility index (Phi) is 5.52. The van der Waals surface area contributed by atoms with E-state index in [4.69, 9.17) is 5.73 Å². The molecule has 1 fully saturated rings. The van der Waals surface area contributed by atoms with Crippen molar-refractivity contribution in [3.63, 3.8) is 0 Å². The van der Waals surface area contributed by atoms with Gasteiger partial charge in [-0.3, -0.25) is 9.88 Å². The van der Waals surface area contributed by atoms with Crippen LogP contribution in [0.2, 0.25) is 0 Å². The molecule has 4 nitrogen and oxygen atoms in total. The van der Waals surface area contributed by atoms with Gasteiger partial charge in [0.1, 0.15) is 0 Å². The highest BCUT2D eigenvalue weighted by Crippen LogP contribution is 2.27. The minimum Gasteiger partial charge on any atom is -0.326 e. The quantitative estimate of drug-likeness (QED) is 0.892. The maximum Gasteiger partial charge on any atom is 0.0673 e. The van der Waals surface area contributed by atoms with E-state index in [1.807, 2.05) is 12.3 Å². The fraction of sp³-hybridized carbons (Fsp3) is 0.688. The molecule has 0 aromatic carbocycles. The van der Waals surface area contributed by atoms with Crippen LogP contribution in [0.15, 0.2) is 24.4 Å². The van der Waals surface area contributed by atoms with Gasteiger partial charge in [-0.25, -0.2) is 0 Å². The van der Waals surface area contributed by atoms with Crippen molar-refractivity contribution >= 4 is 0 Å². The Labute approximate surface area is 123 Å². The molecule has 1 aliphatic heterocycles. The summed E-state index contributed by atoms with van der Waals surface area (Å²) in [7, 11) is 4.41. The zero-order chi connectivity index (χ0) is 14.5.